The van der Waals surface area contributed by atoms with E-state index in [2.05, 4.69) is 0 Å². The molecule has 0 saturated heterocycles. The summed E-state index contributed by atoms with van der Waals surface area (Å²) < 4.78 is 5.00. The topological polar surface area (TPSA) is 43.4 Å². The third-order valence-electron chi connectivity index (χ3n) is 2.32. The second-order valence-corrected chi connectivity index (χ2v) is 4.03. The molecule has 0 aliphatic heterocycles. The first kappa shape index (κ1) is 13.7. The lowest BCUT2D eigenvalue weighted by molar-refractivity contribution is 0.0440. The SMILES string of the molecule is CCC(=O)c1ccccc1C(=O)OC(Cl)CC. The van der Waals surface area contributed by atoms with Crippen LogP contribution in [0.4, 0.5) is 0 Å². The van der Waals surface area contributed by atoms with Crippen LogP contribution in [0.25, 0.3) is 0 Å². The summed E-state index contributed by atoms with van der Waals surface area (Å²) in [7, 11) is 0. The first-order valence-corrected chi connectivity index (χ1v) is 6.01. The largest absolute Gasteiger partial charge is 0.442 e. The minimum Gasteiger partial charge on any atom is -0.442 e. The zero-order chi connectivity index (χ0) is 12.8. The summed E-state index contributed by atoms with van der Waals surface area (Å²) >= 11 is 5.75. The third kappa shape index (κ3) is 3.56. The third-order valence-corrected chi connectivity index (χ3v) is 2.72. The van der Waals surface area contributed by atoms with Crippen molar-refractivity contribution < 1.29 is 14.3 Å². The predicted molar refractivity (Wildman–Crippen MR) is 66.4 cm³/mol. The predicted octanol–water partition coefficient (Wildman–Crippen LogP) is 3.41. The van der Waals surface area contributed by atoms with E-state index in [9.17, 15) is 9.59 Å². The van der Waals surface area contributed by atoms with E-state index in [0.29, 0.717) is 18.4 Å². The van der Waals surface area contributed by atoms with Crippen molar-refractivity contribution in [2.24, 2.45) is 0 Å². The van der Waals surface area contributed by atoms with Crippen LogP contribution < -0.4 is 0 Å². The smallest absolute Gasteiger partial charge is 0.340 e. The monoisotopic (exact) mass is 254 g/mol. The summed E-state index contributed by atoms with van der Waals surface area (Å²) in [4.78, 5) is 23.4. The minimum atomic E-state index is -0.660. The summed E-state index contributed by atoms with van der Waals surface area (Å²) in [6, 6.07) is 6.61. The van der Waals surface area contributed by atoms with Gasteiger partial charge >= 0.3 is 5.97 Å². The highest BCUT2D eigenvalue weighted by molar-refractivity contribution is 6.20. The Morgan fingerprint density at radius 3 is 2.35 bits per heavy atom. The van der Waals surface area contributed by atoms with Gasteiger partial charge in [0.2, 0.25) is 0 Å². The highest BCUT2D eigenvalue weighted by Gasteiger charge is 2.18. The second kappa shape index (κ2) is 6.40. The lowest BCUT2D eigenvalue weighted by atomic mass is 10.0. The number of ether oxygens (including phenoxy) is 1. The number of hydrogen-bond acceptors (Lipinski definition) is 3. The highest BCUT2D eigenvalue weighted by atomic mass is 35.5. The molecule has 3 nitrogen and oxygen atoms in total. The molecule has 0 N–H and O–H groups in total. The molecule has 0 spiro atoms. The van der Waals surface area contributed by atoms with Gasteiger partial charge in [-0.2, -0.15) is 0 Å². The molecule has 17 heavy (non-hydrogen) atoms. The molecule has 0 saturated carbocycles. The van der Waals surface area contributed by atoms with Gasteiger partial charge in [-0.3, -0.25) is 4.79 Å². The zero-order valence-corrected chi connectivity index (χ0v) is 10.7. The summed E-state index contributed by atoms with van der Waals surface area (Å²) in [5.74, 6) is -0.635. The van der Waals surface area contributed by atoms with E-state index in [4.69, 9.17) is 16.3 Å². The number of carbonyl (C=O) groups is 2. The fraction of sp³-hybridized carbons (Fsp3) is 0.385. The minimum absolute atomic E-state index is 0.0832. The van der Waals surface area contributed by atoms with Gasteiger partial charge in [0.15, 0.2) is 11.3 Å². The van der Waals surface area contributed by atoms with Gasteiger partial charge in [-0.05, 0) is 12.5 Å². The lowest BCUT2D eigenvalue weighted by Gasteiger charge is -2.11. The molecule has 0 heterocycles. The van der Waals surface area contributed by atoms with E-state index in [1.807, 2.05) is 6.92 Å². The van der Waals surface area contributed by atoms with E-state index in [1.165, 1.54) is 0 Å². The zero-order valence-electron chi connectivity index (χ0n) is 9.90. The summed E-state index contributed by atoms with van der Waals surface area (Å²) in [5, 5.41) is 0. The molecule has 92 valence electrons. The molecule has 0 aliphatic rings. The van der Waals surface area contributed by atoms with Crippen molar-refractivity contribution in [2.75, 3.05) is 0 Å². The van der Waals surface area contributed by atoms with Gasteiger partial charge in [0.25, 0.3) is 0 Å². The fourth-order valence-corrected chi connectivity index (χ4v) is 1.44. The first-order chi connectivity index (χ1) is 8.10. The van der Waals surface area contributed by atoms with Crippen molar-refractivity contribution in [3.63, 3.8) is 0 Å². The molecule has 0 bridgehead atoms. The highest BCUT2D eigenvalue weighted by Crippen LogP contribution is 2.15. The quantitative estimate of drug-likeness (QED) is 0.459. The van der Waals surface area contributed by atoms with Gasteiger partial charge in [0.1, 0.15) is 0 Å². The van der Waals surface area contributed by atoms with E-state index in [1.54, 1.807) is 31.2 Å². The van der Waals surface area contributed by atoms with Crippen molar-refractivity contribution in [2.45, 2.75) is 32.3 Å². The number of halogens is 1. The molecule has 1 unspecified atom stereocenters. The Bertz CT molecular complexity index is 415. The van der Waals surface area contributed by atoms with E-state index < -0.39 is 11.5 Å². The maximum atomic E-state index is 11.8. The standard InChI is InChI=1S/C13H15ClO3/c1-3-11(15)9-7-5-6-8-10(9)13(16)17-12(14)4-2/h5-8,12H,3-4H2,1-2H3. The Morgan fingerprint density at radius 2 is 1.82 bits per heavy atom. The van der Waals surface area contributed by atoms with Gasteiger partial charge < -0.3 is 4.74 Å². The Hall–Kier alpha value is -1.35. The number of alkyl halides is 1. The van der Waals surface area contributed by atoms with E-state index >= 15 is 0 Å². The molecule has 1 rings (SSSR count). The van der Waals surface area contributed by atoms with Crippen LogP contribution in [-0.4, -0.2) is 17.3 Å². The van der Waals surface area contributed by atoms with Gasteiger partial charge in [0, 0.05) is 12.0 Å². The molecular weight excluding hydrogens is 240 g/mol. The Balaban J connectivity index is 2.97. The van der Waals surface area contributed by atoms with Crippen LogP contribution in [0.3, 0.4) is 0 Å². The van der Waals surface area contributed by atoms with Gasteiger partial charge in [-0.15, -0.1) is 0 Å². The number of benzene rings is 1. The first-order valence-electron chi connectivity index (χ1n) is 5.57. The van der Waals surface area contributed by atoms with Crippen LogP contribution in [0, 0.1) is 0 Å². The maximum Gasteiger partial charge on any atom is 0.340 e. The van der Waals surface area contributed by atoms with Crippen LogP contribution in [0.5, 0.6) is 0 Å². The van der Waals surface area contributed by atoms with Gasteiger partial charge in [-0.1, -0.05) is 43.6 Å². The molecule has 1 aromatic carbocycles. The van der Waals surface area contributed by atoms with Crippen molar-refractivity contribution in [1.29, 1.82) is 0 Å². The molecule has 4 heteroatoms. The van der Waals surface area contributed by atoms with E-state index in [0.717, 1.165) is 0 Å². The average Bonchev–Trinajstić information content (AvgIpc) is 2.37. The van der Waals surface area contributed by atoms with Crippen LogP contribution in [0.15, 0.2) is 24.3 Å². The molecule has 0 aliphatic carbocycles. The number of carbonyl (C=O) groups excluding carboxylic acids is 2. The summed E-state index contributed by atoms with van der Waals surface area (Å²) in [5.41, 5.74) is 0.00528. The molecular formula is C13H15ClO3. The van der Waals surface area contributed by atoms with E-state index in [-0.39, 0.29) is 11.3 Å². The number of esters is 1. The Labute approximate surface area is 106 Å². The van der Waals surface area contributed by atoms with Crippen LogP contribution in [0.2, 0.25) is 0 Å². The Morgan fingerprint density at radius 1 is 1.24 bits per heavy atom. The molecule has 0 radical (unpaired) electrons. The summed E-state index contributed by atoms with van der Waals surface area (Å²) in [6.07, 6.45) is 0.875. The maximum absolute atomic E-state index is 11.8. The van der Waals surface area contributed by atoms with Crippen molar-refractivity contribution in [1.82, 2.24) is 0 Å². The van der Waals surface area contributed by atoms with Crippen LogP contribution in [-0.2, 0) is 4.74 Å². The second-order valence-electron chi connectivity index (χ2n) is 3.55. The van der Waals surface area contributed by atoms with Gasteiger partial charge in [0.05, 0.1) is 5.56 Å². The molecule has 0 amide bonds. The number of rotatable bonds is 5. The molecule has 0 fully saturated rings. The molecule has 1 aromatic rings. The fourth-order valence-electron chi connectivity index (χ4n) is 1.36. The van der Waals surface area contributed by atoms with Crippen LogP contribution >= 0.6 is 11.6 Å². The van der Waals surface area contributed by atoms with Crippen LogP contribution in [0.1, 0.15) is 47.4 Å². The van der Waals surface area contributed by atoms with Crippen molar-refractivity contribution >= 4 is 23.4 Å². The van der Waals surface area contributed by atoms with Crippen molar-refractivity contribution in [3.8, 4) is 0 Å². The lowest BCUT2D eigenvalue weighted by Crippen LogP contribution is -2.15. The Kier molecular flexibility index (Phi) is 5.16. The normalized spacial score (nSPS) is 11.9. The average molecular weight is 255 g/mol. The molecule has 0 aromatic heterocycles. The number of Topliss-reactive ketones (excluding diaryl/α,β-unsaturated/α-hetero) is 1. The van der Waals surface area contributed by atoms with Crippen molar-refractivity contribution in [3.05, 3.63) is 35.4 Å². The van der Waals surface area contributed by atoms with Gasteiger partial charge in [-0.25, -0.2) is 4.79 Å². The number of ketones is 1. The number of hydrogen-bond donors (Lipinski definition) is 0. The molecule has 1 atom stereocenters. The summed E-state index contributed by atoms with van der Waals surface area (Å²) in [6.45, 7) is 3.56.